The molecule has 3 nitrogen and oxygen atoms in total. The average Bonchev–Trinajstić information content (AvgIpc) is 2.83. The Bertz CT molecular complexity index is 180. The second-order valence-electron chi connectivity index (χ2n) is 3.60. The van der Waals surface area contributed by atoms with E-state index >= 15 is 0 Å². The van der Waals surface area contributed by atoms with Crippen LogP contribution in [0.5, 0.6) is 0 Å². The summed E-state index contributed by atoms with van der Waals surface area (Å²) in [6, 6.07) is 0.440. The summed E-state index contributed by atoms with van der Waals surface area (Å²) in [5, 5.41) is 12.2. The molecule has 1 fully saturated rings. The van der Waals surface area contributed by atoms with Crippen LogP contribution >= 0.6 is 11.8 Å². The highest BCUT2D eigenvalue weighted by Gasteiger charge is 2.23. The van der Waals surface area contributed by atoms with Crippen LogP contribution in [0.3, 0.4) is 0 Å². The molecule has 0 aromatic heterocycles. The number of hydrogen-bond acceptors (Lipinski definition) is 3. The Labute approximate surface area is 83.3 Å². The van der Waals surface area contributed by atoms with E-state index in [0.29, 0.717) is 11.8 Å². The molecular weight excluding hydrogens is 186 g/mol. The van der Waals surface area contributed by atoms with Crippen LogP contribution in [0.2, 0.25) is 0 Å². The van der Waals surface area contributed by atoms with Crippen molar-refractivity contribution in [1.82, 2.24) is 5.32 Å². The van der Waals surface area contributed by atoms with Gasteiger partial charge in [-0.1, -0.05) is 6.92 Å². The molecule has 13 heavy (non-hydrogen) atoms. The molecule has 1 amide bonds. The molecule has 0 aromatic rings. The van der Waals surface area contributed by atoms with Gasteiger partial charge in [-0.3, -0.25) is 4.79 Å². The number of carbonyl (C=O) groups excluding carboxylic acids is 1. The lowest BCUT2D eigenvalue weighted by molar-refractivity contribution is -0.118. The zero-order valence-corrected chi connectivity index (χ0v) is 8.93. The van der Waals surface area contributed by atoms with Gasteiger partial charge < -0.3 is 10.4 Å². The first-order chi connectivity index (χ1) is 6.09. The zero-order valence-electron chi connectivity index (χ0n) is 8.12. The molecule has 4 heteroatoms. The minimum absolute atomic E-state index is 0.0972. The van der Waals surface area contributed by atoms with Crippen LogP contribution < -0.4 is 5.32 Å². The summed E-state index contributed by atoms with van der Waals surface area (Å²) < 4.78 is 0. The molecule has 1 aliphatic carbocycles. The summed E-state index contributed by atoms with van der Waals surface area (Å²) in [5.41, 5.74) is 0. The fourth-order valence-electron chi connectivity index (χ4n) is 0.843. The molecule has 2 atom stereocenters. The first kappa shape index (κ1) is 10.9. The fourth-order valence-corrected chi connectivity index (χ4v) is 1.62. The lowest BCUT2D eigenvalue weighted by Gasteiger charge is -2.13. The molecule has 76 valence electrons. The summed E-state index contributed by atoms with van der Waals surface area (Å²) in [6.07, 6.45) is 1.91. The van der Waals surface area contributed by atoms with E-state index in [0.717, 1.165) is 12.8 Å². The van der Waals surface area contributed by atoms with Crippen LogP contribution in [0.25, 0.3) is 0 Å². The van der Waals surface area contributed by atoms with Crippen molar-refractivity contribution in [3.63, 3.8) is 0 Å². The maximum atomic E-state index is 11.2. The van der Waals surface area contributed by atoms with Crippen molar-refractivity contribution in [2.24, 2.45) is 0 Å². The molecule has 0 aliphatic heterocycles. The standard InChI is InChI=1S/C9H17NO2S/c1-6(11)7(2)13-5-9(12)10-8-3-4-8/h6-8,11H,3-5H2,1-2H3,(H,10,12)/t6-,7-/m0/s1. The van der Waals surface area contributed by atoms with Crippen LogP contribution in [0.4, 0.5) is 0 Å². The normalized spacial score (nSPS) is 20.8. The van der Waals surface area contributed by atoms with Gasteiger partial charge in [-0.25, -0.2) is 0 Å². The molecule has 0 spiro atoms. The molecule has 0 unspecified atom stereocenters. The SMILES string of the molecule is C[C@H](O)[C@H](C)SCC(=O)NC1CC1. The van der Waals surface area contributed by atoms with Gasteiger partial charge in [0.1, 0.15) is 0 Å². The van der Waals surface area contributed by atoms with Crippen molar-refractivity contribution in [3.8, 4) is 0 Å². The van der Waals surface area contributed by atoms with Gasteiger partial charge in [-0.05, 0) is 19.8 Å². The summed E-state index contributed by atoms with van der Waals surface area (Å²) in [7, 11) is 0. The van der Waals surface area contributed by atoms with Crippen LogP contribution in [0, 0.1) is 0 Å². The Morgan fingerprint density at radius 3 is 2.69 bits per heavy atom. The predicted octanol–water partition coefficient (Wildman–Crippen LogP) is 0.767. The molecule has 1 aliphatic rings. The van der Waals surface area contributed by atoms with Crippen molar-refractivity contribution < 1.29 is 9.90 Å². The predicted molar refractivity (Wildman–Crippen MR) is 54.8 cm³/mol. The molecule has 1 saturated carbocycles. The number of carbonyl (C=O) groups is 1. The van der Waals surface area contributed by atoms with Crippen LogP contribution in [-0.2, 0) is 4.79 Å². The second-order valence-corrected chi connectivity index (χ2v) is 4.96. The lowest BCUT2D eigenvalue weighted by atomic mass is 10.3. The summed E-state index contributed by atoms with van der Waals surface area (Å²) in [6.45, 7) is 3.68. The van der Waals surface area contributed by atoms with Crippen LogP contribution in [-0.4, -0.2) is 34.2 Å². The van der Waals surface area contributed by atoms with Crippen LogP contribution in [0.1, 0.15) is 26.7 Å². The summed E-state index contributed by atoms with van der Waals surface area (Å²) in [5.74, 6) is 0.558. The lowest BCUT2D eigenvalue weighted by Crippen LogP contribution is -2.28. The maximum Gasteiger partial charge on any atom is 0.230 e. The number of aliphatic hydroxyl groups excluding tert-OH is 1. The van der Waals surface area contributed by atoms with E-state index in [2.05, 4.69) is 5.32 Å². The van der Waals surface area contributed by atoms with E-state index in [9.17, 15) is 9.90 Å². The van der Waals surface area contributed by atoms with Gasteiger partial charge in [0.25, 0.3) is 0 Å². The molecule has 0 aromatic carbocycles. The third kappa shape index (κ3) is 4.52. The zero-order chi connectivity index (χ0) is 9.84. The fraction of sp³-hybridized carbons (Fsp3) is 0.889. The van der Waals surface area contributed by atoms with Crippen molar-refractivity contribution in [3.05, 3.63) is 0 Å². The number of amides is 1. The Morgan fingerprint density at radius 1 is 1.62 bits per heavy atom. The summed E-state index contributed by atoms with van der Waals surface area (Å²) >= 11 is 1.50. The van der Waals surface area contributed by atoms with E-state index < -0.39 is 0 Å². The highest BCUT2D eigenvalue weighted by Crippen LogP contribution is 2.19. The highest BCUT2D eigenvalue weighted by molar-refractivity contribution is 8.00. The van der Waals surface area contributed by atoms with Crippen molar-refractivity contribution in [2.75, 3.05) is 5.75 Å². The Balaban J connectivity index is 2.06. The first-order valence-corrected chi connectivity index (χ1v) is 5.73. The van der Waals surface area contributed by atoms with Gasteiger partial charge in [0.15, 0.2) is 0 Å². The minimum Gasteiger partial charge on any atom is -0.392 e. The number of rotatable bonds is 5. The quantitative estimate of drug-likeness (QED) is 0.694. The topological polar surface area (TPSA) is 49.3 Å². The minimum atomic E-state index is -0.348. The molecule has 2 N–H and O–H groups in total. The van der Waals surface area contributed by atoms with Gasteiger partial charge in [0.05, 0.1) is 11.9 Å². The van der Waals surface area contributed by atoms with Gasteiger partial charge in [0, 0.05) is 11.3 Å². The van der Waals surface area contributed by atoms with E-state index in [1.54, 1.807) is 6.92 Å². The summed E-state index contributed by atoms with van der Waals surface area (Å²) in [4.78, 5) is 11.2. The average molecular weight is 203 g/mol. The Kier molecular flexibility index (Phi) is 4.06. The molecule has 0 bridgehead atoms. The van der Waals surface area contributed by atoms with E-state index in [-0.39, 0.29) is 17.3 Å². The highest BCUT2D eigenvalue weighted by atomic mass is 32.2. The van der Waals surface area contributed by atoms with Gasteiger partial charge in [-0.2, -0.15) is 0 Å². The maximum absolute atomic E-state index is 11.2. The molecule has 0 saturated heterocycles. The largest absolute Gasteiger partial charge is 0.392 e. The number of aliphatic hydroxyl groups is 1. The van der Waals surface area contributed by atoms with E-state index in [4.69, 9.17) is 0 Å². The smallest absolute Gasteiger partial charge is 0.230 e. The number of thioether (sulfide) groups is 1. The Morgan fingerprint density at radius 2 is 2.23 bits per heavy atom. The third-order valence-electron chi connectivity index (χ3n) is 2.10. The van der Waals surface area contributed by atoms with E-state index in [1.165, 1.54) is 11.8 Å². The van der Waals surface area contributed by atoms with Gasteiger partial charge >= 0.3 is 0 Å². The van der Waals surface area contributed by atoms with Gasteiger partial charge in [0.2, 0.25) is 5.91 Å². The molecule has 0 heterocycles. The second kappa shape index (κ2) is 4.86. The van der Waals surface area contributed by atoms with Crippen molar-refractivity contribution >= 4 is 17.7 Å². The van der Waals surface area contributed by atoms with Gasteiger partial charge in [-0.15, -0.1) is 11.8 Å². The molecule has 1 rings (SSSR count). The Hall–Kier alpha value is -0.220. The monoisotopic (exact) mass is 203 g/mol. The third-order valence-corrected chi connectivity index (χ3v) is 3.45. The number of hydrogen-bond donors (Lipinski definition) is 2. The molecular formula is C9H17NO2S. The molecule has 0 radical (unpaired) electrons. The van der Waals surface area contributed by atoms with Crippen LogP contribution in [0.15, 0.2) is 0 Å². The van der Waals surface area contributed by atoms with E-state index in [1.807, 2.05) is 6.92 Å². The van der Waals surface area contributed by atoms with Crippen molar-refractivity contribution in [1.29, 1.82) is 0 Å². The first-order valence-electron chi connectivity index (χ1n) is 4.68. The number of nitrogens with one attached hydrogen (secondary N) is 1. The van der Waals surface area contributed by atoms with Crippen molar-refractivity contribution in [2.45, 2.75) is 44.1 Å².